The van der Waals surface area contributed by atoms with Gasteiger partial charge in [-0.15, -0.1) is 0 Å². The largest absolute Gasteiger partial charge is 0.465 e. The van der Waals surface area contributed by atoms with E-state index in [9.17, 15) is 14.7 Å². The Kier molecular flexibility index (Phi) is 10.7. The molecule has 0 aromatic heterocycles. The third kappa shape index (κ3) is 8.89. The Hall–Kier alpha value is -3.76. The maximum Gasteiger partial charge on any atom is 0.325 e. The molecular weight excluding hydrogens is 618 g/mol. The van der Waals surface area contributed by atoms with Gasteiger partial charge in [0.25, 0.3) is 0 Å². The topological polar surface area (TPSA) is 109 Å². The monoisotopic (exact) mass is 669 g/mol. The highest BCUT2D eigenvalue weighted by Crippen LogP contribution is 2.53. The summed E-state index contributed by atoms with van der Waals surface area (Å²) in [6.07, 6.45) is 3.82. The number of carbonyl (C=O) groups excluding carboxylic acids is 2. The Labute approximate surface area is 290 Å². The molecule has 2 amide bonds. The van der Waals surface area contributed by atoms with E-state index in [-0.39, 0.29) is 32.0 Å². The zero-order chi connectivity index (χ0) is 34.6. The van der Waals surface area contributed by atoms with Crippen LogP contribution in [0.25, 0.3) is 11.1 Å². The maximum atomic E-state index is 12.2. The number of rotatable bonds is 11. The fourth-order valence-electron chi connectivity index (χ4n) is 8.42. The third-order valence-electron chi connectivity index (χ3n) is 10.1. The lowest BCUT2D eigenvalue weighted by atomic mass is 9.65. The van der Waals surface area contributed by atoms with E-state index in [2.05, 4.69) is 72.7 Å². The van der Waals surface area contributed by atoms with E-state index in [4.69, 9.17) is 14.2 Å². The molecular formula is C40H51N3O6. The van der Waals surface area contributed by atoms with Crippen molar-refractivity contribution in [1.29, 1.82) is 0 Å². The van der Waals surface area contributed by atoms with Crippen LogP contribution in [0.5, 0.6) is 0 Å². The molecule has 2 aliphatic heterocycles. The summed E-state index contributed by atoms with van der Waals surface area (Å²) in [6.45, 7) is 11.4. The van der Waals surface area contributed by atoms with Crippen LogP contribution in [0.15, 0.2) is 72.8 Å². The number of fused-ring (bicyclic) bond motifs is 2. The van der Waals surface area contributed by atoms with Gasteiger partial charge in [0, 0.05) is 37.7 Å². The van der Waals surface area contributed by atoms with Crippen molar-refractivity contribution < 1.29 is 28.9 Å². The summed E-state index contributed by atoms with van der Waals surface area (Å²) >= 11 is 0. The lowest BCUT2D eigenvalue weighted by Gasteiger charge is -2.41. The number of aliphatic hydroxyl groups excluding tert-OH is 1. The number of amides is 2. The molecule has 3 aromatic carbocycles. The number of nitrogens with zero attached hydrogens (tertiary/aromatic N) is 1. The van der Waals surface area contributed by atoms with Crippen LogP contribution in [0.3, 0.4) is 0 Å². The number of ether oxygens (including phenoxy) is 3. The van der Waals surface area contributed by atoms with Crippen molar-refractivity contribution >= 4 is 12.0 Å². The molecule has 2 saturated heterocycles. The van der Waals surface area contributed by atoms with Gasteiger partial charge in [0.15, 0.2) is 6.29 Å². The van der Waals surface area contributed by atoms with Crippen molar-refractivity contribution in [2.45, 2.75) is 91.1 Å². The lowest BCUT2D eigenvalue weighted by molar-refractivity contribution is -0.253. The predicted molar refractivity (Wildman–Crippen MR) is 188 cm³/mol. The van der Waals surface area contributed by atoms with Crippen LogP contribution in [0, 0.1) is 10.8 Å². The van der Waals surface area contributed by atoms with Crippen LogP contribution in [-0.2, 0) is 32.2 Å². The molecule has 3 aromatic rings. The molecule has 1 aliphatic carbocycles. The minimum Gasteiger partial charge on any atom is -0.465 e. The Bertz CT molecular complexity index is 1610. The first-order valence-electron chi connectivity index (χ1n) is 17.6. The van der Waals surface area contributed by atoms with Gasteiger partial charge in [-0.05, 0) is 77.0 Å². The van der Waals surface area contributed by atoms with Crippen LogP contribution in [0.1, 0.15) is 88.0 Å². The van der Waals surface area contributed by atoms with Crippen LogP contribution < -0.4 is 10.6 Å². The minimum absolute atomic E-state index is 0.000337. The quantitative estimate of drug-likeness (QED) is 0.196. The SMILES string of the molecule is CCOC(=O)CNC(=O)NCc1cccc(-c2cccc([C@H]3O[C@@H](CN4CC5(C)CC4CC(C)(C)C5)C[C@@H](c4ccc(CO)cc4)O3)c2)c1. The highest BCUT2D eigenvalue weighted by atomic mass is 16.7. The number of likely N-dealkylation sites (tertiary alicyclic amines) is 1. The van der Waals surface area contributed by atoms with Crippen molar-refractivity contribution in [1.82, 2.24) is 15.5 Å². The zero-order valence-electron chi connectivity index (χ0n) is 29.2. The second kappa shape index (κ2) is 15.0. The first kappa shape index (κ1) is 35.1. The van der Waals surface area contributed by atoms with E-state index in [1.165, 1.54) is 19.3 Å². The maximum absolute atomic E-state index is 12.2. The Morgan fingerprint density at radius 1 is 0.918 bits per heavy atom. The second-order valence-corrected chi connectivity index (χ2v) is 15.2. The smallest absolute Gasteiger partial charge is 0.325 e. The van der Waals surface area contributed by atoms with Crippen molar-refractivity contribution in [3.8, 4) is 11.1 Å². The van der Waals surface area contributed by atoms with Gasteiger partial charge in [-0.3, -0.25) is 9.69 Å². The number of nitrogens with one attached hydrogen (secondary N) is 2. The van der Waals surface area contributed by atoms with Crippen molar-refractivity contribution in [3.05, 3.63) is 95.1 Å². The number of carbonyl (C=O) groups is 2. The normalized spacial score (nSPS) is 26.2. The van der Waals surface area contributed by atoms with E-state index in [1.54, 1.807) is 6.92 Å². The molecule has 6 rings (SSSR count). The van der Waals surface area contributed by atoms with Gasteiger partial charge < -0.3 is 30.0 Å². The summed E-state index contributed by atoms with van der Waals surface area (Å²) in [4.78, 5) is 26.5. The van der Waals surface area contributed by atoms with Crippen LogP contribution >= 0.6 is 0 Å². The summed E-state index contributed by atoms with van der Waals surface area (Å²) in [6, 6.07) is 24.5. The molecule has 49 heavy (non-hydrogen) atoms. The van der Waals surface area contributed by atoms with E-state index in [0.29, 0.717) is 23.4 Å². The first-order valence-corrected chi connectivity index (χ1v) is 17.6. The van der Waals surface area contributed by atoms with Crippen LogP contribution in [0.4, 0.5) is 4.79 Å². The number of hydrogen-bond donors (Lipinski definition) is 3. The molecule has 0 spiro atoms. The summed E-state index contributed by atoms with van der Waals surface area (Å²) in [7, 11) is 0. The molecule has 2 bridgehead atoms. The average molecular weight is 670 g/mol. The highest BCUT2D eigenvalue weighted by molar-refractivity contribution is 5.80. The summed E-state index contributed by atoms with van der Waals surface area (Å²) in [5.74, 6) is -0.473. The highest BCUT2D eigenvalue weighted by Gasteiger charge is 2.50. The van der Waals surface area contributed by atoms with Gasteiger partial charge in [-0.25, -0.2) is 4.79 Å². The fourth-order valence-corrected chi connectivity index (χ4v) is 8.42. The summed E-state index contributed by atoms with van der Waals surface area (Å²) < 4.78 is 18.4. The summed E-state index contributed by atoms with van der Waals surface area (Å²) in [5, 5.41) is 14.9. The molecule has 9 nitrogen and oxygen atoms in total. The lowest BCUT2D eigenvalue weighted by Crippen LogP contribution is -2.42. The predicted octanol–water partition coefficient (Wildman–Crippen LogP) is 6.65. The number of hydrogen-bond acceptors (Lipinski definition) is 7. The number of urea groups is 1. The molecule has 2 heterocycles. The Morgan fingerprint density at radius 3 is 2.43 bits per heavy atom. The third-order valence-corrected chi connectivity index (χ3v) is 10.1. The first-order chi connectivity index (χ1) is 23.5. The van der Waals surface area contributed by atoms with Crippen molar-refractivity contribution in [2.75, 3.05) is 26.2 Å². The van der Waals surface area contributed by atoms with E-state index >= 15 is 0 Å². The standard InChI is InChI=1S/C40H51N3O6/c1-5-47-36(45)22-42-38(46)41-21-28-8-6-9-30(16-28)31-10-7-11-32(17-31)37-48-34(18-35(49-37)29-14-12-27(24-44)13-15-29)23-43-26-40(4)20-33(43)19-39(2,3)25-40/h6-17,33-35,37,44H,5,18-26H2,1-4H3,(H2,41,42,46)/t33?,34-,35+,37+,40?/m1/s1. The van der Waals surface area contributed by atoms with Gasteiger partial charge in [0.1, 0.15) is 6.54 Å². The molecule has 2 unspecified atom stereocenters. The second-order valence-electron chi connectivity index (χ2n) is 15.2. The van der Waals surface area contributed by atoms with Crippen molar-refractivity contribution in [3.63, 3.8) is 0 Å². The van der Waals surface area contributed by atoms with Gasteiger partial charge in [0.05, 0.1) is 25.4 Å². The van der Waals surface area contributed by atoms with E-state index < -0.39 is 18.3 Å². The zero-order valence-corrected chi connectivity index (χ0v) is 29.2. The number of esters is 1. The molecule has 3 aliphatic rings. The molecule has 9 heteroatoms. The van der Waals surface area contributed by atoms with Crippen molar-refractivity contribution in [2.24, 2.45) is 10.8 Å². The molecule has 262 valence electrons. The number of benzene rings is 3. The van der Waals surface area contributed by atoms with Crippen LogP contribution in [0.2, 0.25) is 0 Å². The van der Waals surface area contributed by atoms with Crippen LogP contribution in [-0.4, -0.2) is 60.4 Å². The Morgan fingerprint density at radius 2 is 1.67 bits per heavy atom. The molecule has 5 atom stereocenters. The molecule has 0 radical (unpaired) electrons. The van der Waals surface area contributed by atoms with Gasteiger partial charge in [0.2, 0.25) is 0 Å². The molecule has 3 N–H and O–H groups in total. The molecule has 3 fully saturated rings. The van der Waals surface area contributed by atoms with Gasteiger partial charge >= 0.3 is 12.0 Å². The van der Waals surface area contributed by atoms with Gasteiger partial charge in [-0.2, -0.15) is 0 Å². The minimum atomic E-state index is -0.539. The van der Waals surface area contributed by atoms with Gasteiger partial charge in [-0.1, -0.05) is 81.4 Å². The average Bonchev–Trinajstić information content (AvgIpc) is 3.33. The van der Waals surface area contributed by atoms with E-state index in [0.717, 1.165) is 52.9 Å². The summed E-state index contributed by atoms with van der Waals surface area (Å²) in [5.41, 5.74) is 6.59. The fraction of sp³-hybridized carbons (Fsp3) is 0.500. The number of aliphatic hydroxyl groups is 1. The van der Waals surface area contributed by atoms with E-state index in [1.807, 2.05) is 36.4 Å². The molecule has 1 saturated carbocycles. The Balaban J connectivity index is 1.18.